The van der Waals surface area contributed by atoms with Crippen LogP contribution in [0.2, 0.25) is 0 Å². The number of benzene rings is 3. The maximum Gasteiger partial charge on any atom is 0.264 e. The van der Waals surface area contributed by atoms with E-state index in [9.17, 15) is 18.0 Å². The lowest BCUT2D eigenvalue weighted by atomic mass is 10.1. The van der Waals surface area contributed by atoms with Crippen LogP contribution in [0.1, 0.15) is 38.3 Å². The van der Waals surface area contributed by atoms with Gasteiger partial charge in [-0.1, -0.05) is 55.0 Å². The van der Waals surface area contributed by atoms with Gasteiger partial charge < -0.3 is 15.0 Å². The highest BCUT2D eigenvalue weighted by molar-refractivity contribution is 7.92. The molecule has 2 amide bonds. The van der Waals surface area contributed by atoms with Crippen molar-refractivity contribution in [1.82, 2.24) is 10.2 Å². The number of sulfonamides is 1. The summed E-state index contributed by atoms with van der Waals surface area (Å²) < 4.78 is 34.0. The second kappa shape index (κ2) is 13.3. The highest BCUT2D eigenvalue weighted by atomic mass is 32.2. The van der Waals surface area contributed by atoms with E-state index >= 15 is 0 Å². The number of aryl methyl sites for hydroxylation is 1. The number of carbonyl (C=O) groups is 2. The molecule has 1 N–H and O–H groups in total. The van der Waals surface area contributed by atoms with Crippen LogP contribution in [0.5, 0.6) is 5.75 Å². The largest absolute Gasteiger partial charge is 0.497 e. The quantitative estimate of drug-likeness (QED) is 0.357. The van der Waals surface area contributed by atoms with Crippen LogP contribution in [0.15, 0.2) is 83.8 Å². The van der Waals surface area contributed by atoms with Crippen molar-refractivity contribution in [2.24, 2.45) is 0 Å². The van der Waals surface area contributed by atoms with E-state index in [4.69, 9.17) is 4.74 Å². The van der Waals surface area contributed by atoms with Gasteiger partial charge >= 0.3 is 0 Å². The molecule has 208 valence electrons. The normalized spacial score (nSPS) is 12.7. The number of amides is 2. The van der Waals surface area contributed by atoms with Crippen molar-refractivity contribution in [3.8, 4) is 5.75 Å². The highest BCUT2D eigenvalue weighted by Crippen LogP contribution is 2.25. The first kappa shape index (κ1) is 29.7. The molecule has 0 heterocycles. The highest BCUT2D eigenvalue weighted by Gasteiger charge is 2.32. The average molecular weight is 552 g/mol. The van der Waals surface area contributed by atoms with Crippen LogP contribution in [0.3, 0.4) is 0 Å². The second-order valence-corrected chi connectivity index (χ2v) is 11.4. The van der Waals surface area contributed by atoms with Crippen LogP contribution in [0.25, 0.3) is 0 Å². The van der Waals surface area contributed by atoms with E-state index in [-0.39, 0.29) is 23.4 Å². The Morgan fingerprint density at radius 2 is 1.62 bits per heavy atom. The molecule has 9 heteroatoms. The number of hydrogen-bond acceptors (Lipinski definition) is 5. The van der Waals surface area contributed by atoms with Crippen LogP contribution < -0.4 is 14.4 Å². The minimum absolute atomic E-state index is 0.0727. The van der Waals surface area contributed by atoms with Crippen LogP contribution in [-0.4, -0.2) is 50.9 Å². The minimum Gasteiger partial charge on any atom is -0.497 e. The van der Waals surface area contributed by atoms with E-state index < -0.39 is 28.5 Å². The molecule has 0 fully saturated rings. The summed E-state index contributed by atoms with van der Waals surface area (Å²) in [5.74, 6) is -0.207. The Balaban J connectivity index is 2.00. The third kappa shape index (κ3) is 7.60. The van der Waals surface area contributed by atoms with Crippen molar-refractivity contribution in [2.45, 2.75) is 57.6 Å². The number of carbonyl (C=O) groups excluding carboxylic acids is 2. The summed E-state index contributed by atoms with van der Waals surface area (Å²) in [7, 11) is -2.53. The molecular formula is C30H37N3O5S. The number of para-hydroxylation sites is 1. The van der Waals surface area contributed by atoms with Crippen LogP contribution in [0.4, 0.5) is 5.69 Å². The first-order valence-electron chi connectivity index (χ1n) is 12.9. The molecule has 0 aliphatic rings. The SMILES string of the molecule is CC[C@@H](C)NC(=O)[C@H](C)N(Cc1cccc(OC)c1)C(=O)CN(c1ccccc1)S(=O)(=O)c1ccc(C)cc1. The van der Waals surface area contributed by atoms with Gasteiger partial charge in [0.2, 0.25) is 11.8 Å². The lowest BCUT2D eigenvalue weighted by Gasteiger charge is -2.32. The Morgan fingerprint density at radius 3 is 2.23 bits per heavy atom. The van der Waals surface area contributed by atoms with E-state index in [0.717, 1.165) is 21.9 Å². The summed E-state index contributed by atoms with van der Waals surface area (Å²) in [6, 6.07) is 21.3. The summed E-state index contributed by atoms with van der Waals surface area (Å²) in [5.41, 5.74) is 2.02. The molecule has 0 radical (unpaired) electrons. The molecule has 0 bridgehead atoms. The first-order valence-corrected chi connectivity index (χ1v) is 14.4. The van der Waals surface area contributed by atoms with Crippen molar-refractivity contribution >= 4 is 27.5 Å². The van der Waals surface area contributed by atoms with Gasteiger partial charge in [0, 0.05) is 12.6 Å². The maximum atomic E-state index is 13.9. The van der Waals surface area contributed by atoms with Gasteiger partial charge in [-0.15, -0.1) is 0 Å². The molecule has 39 heavy (non-hydrogen) atoms. The van der Waals surface area contributed by atoms with Gasteiger partial charge in [0.05, 0.1) is 17.7 Å². The molecule has 2 atom stereocenters. The molecule has 0 aromatic heterocycles. The van der Waals surface area contributed by atoms with Crippen molar-refractivity contribution in [3.05, 3.63) is 90.0 Å². The average Bonchev–Trinajstić information content (AvgIpc) is 2.94. The Morgan fingerprint density at radius 1 is 0.949 bits per heavy atom. The summed E-state index contributed by atoms with van der Waals surface area (Å²) in [5, 5.41) is 2.93. The van der Waals surface area contributed by atoms with Gasteiger partial charge in [0.15, 0.2) is 0 Å². The number of nitrogens with zero attached hydrogens (tertiary/aromatic N) is 2. The third-order valence-electron chi connectivity index (χ3n) is 6.59. The lowest BCUT2D eigenvalue weighted by molar-refractivity contribution is -0.139. The van der Waals surface area contributed by atoms with Crippen molar-refractivity contribution < 1.29 is 22.7 Å². The van der Waals surface area contributed by atoms with Crippen molar-refractivity contribution in [2.75, 3.05) is 18.0 Å². The monoisotopic (exact) mass is 551 g/mol. The topological polar surface area (TPSA) is 96.0 Å². The zero-order valence-corrected chi connectivity index (χ0v) is 23.9. The molecule has 0 unspecified atom stereocenters. The number of anilines is 1. The van der Waals surface area contributed by atoms with E-state index in [2.05, 4.69) is 5.32 Å². The molecule has 0 saturated carbocycles. The third-order valence-corrected chi connectivity index (χ3v) is 8.38. The van der Waals surface area contributed by atoms with Gasteiger partial charge in [-0.2, -0.15) is 0 Å². The number of rotatable bonds is 12. The van der Waals surface area contributed by atoms with Gasteiger partial charge in [0.1, 0.15) is 18.3 Å². The van der Waals surface area contributed by atoms with E-state index in [1.54, 1.807) is 74.7 Å². The number of nitrogens with one attached hydrogen (secondary N) is 1. The Labute approximate surface area is 231 Å². The summed E-state index contributed by atoms with van der Waals surface area (Å²) >= 11 is 0. The van der Waals surface area contributed by atoms with Crippen LogP contribution >= 0.6 is 0 Å². The van der Waals surface area contributed by atoms with Crippen molar-refractivity contribution in [1.29, 1.82) is 0 Å². The van der Waals surface area contributed by atoms with Crippen LogP contribution in [0, 0.1) is 6.92 Å². The van der Waals surface area contributed by atoms with Crippen molar-refractivity contribution in [3.63, 3.8) is 0 Å². The zero-order chi connectivity index (χ0) is 28.6. The van der Waals surface area contributed by atoms with E-state index in [1.807, 2.05) is 26.8 Å². The fourth-order valence-electron chi connectivity index (χ4n) is 3.98. The molecule has 3 aromatic carbocycles. The van der Waals surface area contributed by atoms with E-state index in [0.29, 0.717) is 11.4 Å². The van der Waals surface area contributed by atoms with Gasteiger partial charge in [-0.05, 0) is 69.2 Å². The molecule has 8 nitrogen and oxygen atoms in total. The molecule has 3 aromatic rings. The zero-order valence-electron chi connectivity index (χ0n) is 23.1. The Bertz CT molecular complexity index is 1360. The van der Waals surface area contributed by atoms with Crippen LogP contribution in [-0.2, 0) is 26.2 Å². The fraction of sp³-hybridized carbons (Fsp3) is 0.333. The maximum absolute atomic E-state index is 13.9. The van der Waals surface area contributed by atoms with Gasteiger partial charge in [0.25, 0.3) is 10.0 Å². The molecule has 0 spiro atoms. The van der Waals surface area contributed by atoms with E-state index in [1.165, 1.54) is 17.0 Å². The standard InChI is InChI=1S/C30H37N3O5S/c1-6-23(3)31-30(35)24(4)32(20-25-11-10-14-27(19-25)38-5)29(34)21-33(26-12-8-7-9-13-26)39(36,37)28-17-15-22(2)16-18-28/h7-19,23-24H,6,20-21H2,1-5H3,(H,31,35)/t23-,24+/m1/s1. The summed E-state index contributed by atoms with van der Waals surface area (Å²) in [6.07, 6.45) is 0.735. The second-order valence-electron chi connectivity index (χ2n) is 9.53. The minimum atomic E-state index is -4.09. The van der Waals surface area contributed by atoms with Gasteiger partial charge in [-0.25, -0.2) is 8.42 Å². The predicted octanol–water partition coefficient (Wildman–Crippen LogP) is 4.53. The smallest absolute Gasteiger partial charge is 0.264 e. The molecule has 0 aliphatic carbocycles. The molecule has 0 saturated heterocycles. The molecule has 0 aliphatic heterocycles. The number of ether oxygens (including phenoxy) is 1. The summed E-state index contributed by atoms with van der Waals surface area (Å²) in [4.78, 5) is 28.5. The fourth-order valence-corrected chi connectivity index (χ4v) is 5.39. The van der Waals surface area contributed by atoms with Gasteiger partial charge in [-0.3, -0.25) is 13.9 Å². The Kier molecular flexibility index (Phi) is 10.1. The summed E-state index contributed by atoms with van der Waals surface area (Å²) in [6.45, 7) is 6.99. The predicted molar refractivity (Wildman–Crippen MR) is 153 cm³/mol. The Hall–Kier alpha value is -3.85. The number of hydrogen-bond donors (Lipinski definition) is 1. The first-order chi connectivity index (χ1) is 18.6. The lowest BCUT2D eigenvalue weighted by Crippen LogP contribution is -2.52. The molecular weight excluding hydrogens is 514 g/mol. The number of methoxy groups -OCH3 is 1. The molecule has 3 rings (SSSR count).